The van der Waals surface area contributed by atoms with Crippen molar-refractivity contribution in [1.29, 1.82) is 0 Å². The van der Waals surface area contributed by atoms with E-state index in [-0.39, 0.29) is 0 Å². The lowest BCUT2D eigenvalue weighted by molar-refractivity contribution is 0.313. The van der Waals surface area contributed by atoms with Crippen molar-refractivity contribution in [2.24, 2.45) is 0 Å². The Morgan fingerprint density at radius 1 is 1.04 bits per heavy atom. The maximum Gasteiger partial charge on any atom is 0.171 e. The number of nitrogens with one attached hydrogen (secondary N) is 2. The second-order valence-corrected chi connectivity index (χ2v) is 7.06. The van der Waals surface area contributed by atoms with Crippen LogP contribution in [-0.4, -0.2) is 43.2 Å². The van der Waals surface area contributed by atoms with Crippen LogP contribution < -0.4 is 15.5 Å². The number of para-hydroxylation sites is 1. The molecule has 0 unspecified atom stereocenters. The van der Waals surface area contributed by atoms with Crippen LogP contribution in [0.3, 0.4) is 0 Å². The van der Waals surface area contributed by atoms with Crippen LogP contribution in [0.5, 0.6) is 0 Å². The second kappa shape index (κ2) is 8.52. The van der Waals surface area contributed by atoms with Crippen LogP contribution in [0.15, 0.2) is 48.5 Å². The first-order valence-electron chi connectivity index (χ1n) is 8.43. The van der Waals surface area contributed by atoms with E-state index in [2.05, 4.69) is 51.7 Å². The van der Waals surface area contributed by atoms with Gasteiger partial charge in [0, 0.05) is 38.4 Å². The third-order valence-corrected chi connectivity index (χ3v) is 4.96. The van der Waals surface area contributed by atoms with Crippen molar-refractivity contribution in [3.63, 3.8) is 0 Å². The highest BCUT2D eigenvalue weighted by molar-refractivity contribution is 7.80. The molecule has 2 N–H and O–H groups in total. The highest BCUT2D eigenvalue weighted by atomic mass is 35.5. The largest absolute Gasteiger partial charge is 0.369 e. The molecule has 0 radical (unpaired) electrons. The fourth-order valence-electron chi connectivity index (χ4n) is 2.80. The summed E-state index contributed by atoms with van der Waals surface area (Å²) in [6.07, 6.45) is 0. The van der Waals surface area contributed by atoms with Gasteiger partial charge in [0.25, 0.3) is 0 Å². The first-order chi connectivity index (χ1) is 12.1. The van der Waals surface area contributed by atoms with Crippen LogP contribution in [0.1, 0.15) is 5.56 Å². The van der Waals surface area contributed by atoms with Gasteiger partial charge in [0.15, 0.2) is 5.11 Å². The Balaban J connectivity index is 1.50. The normalized spacial score (nSPS) is 15.0. The Labute approximate surface area is 159 Å². The minimum absolute atomic E-state index is 0.566. The Morgan fingerprint density at radius 2 is 1.72 bits per heavy atom. The average Bonchev–Trinajstić information content (AvgIpc) is 2.63. The number of rotatable bonds is 4. The van der Waals surface area contributed by atoms with Crippen molar-refractivity contribution < 1.29 is 0 Å². The summed E-state index contributed by atoms with van der Waals surface area (Å²) in [7, 11) is 2.17. The van der Waals surface area contributed by atoms with E-state index in [1.54, 1.807) is 0 Å². The summed E-state index contributed by atoms with van der Waals surface area (Å²) in [5.41, 5.74) is 3.29. The molecule has 132 valence electrons. The SMILES string of the molecule is CN1CCN(c2ccc(CNC(=S)Nc3ccccc3Cl)cc2)CC1. The first-order valence-corrected chi connectivity index (χ1v) is 9.22. The van der Waals surface area contributed by atoms with Crippen LogP contribution in [0.25, 0.3) is 0 Å². The van der Waals surface area contributed by atoms with Gasteiger partial charge in [0.1, 0.15) is 0 Å². The average molecular weight is 375 g/mol. The quantitative estimate of drug-likeness (QED) is 0.799. The first kappa shape index (κ1) is 18.0. The highest BCUT2D eigenvalue weighted by Crippen LogP contribution is 2.20. The third-order valence-electron chi connectivity index (χ3n) is 4.38. The van der Waals surface area contributed by atoms with Crippen LogP contribution in [-0.2, 0) is 6.54 Å². The van der Waals surface area contributed by atoms with Gasteiger partial charge in [-0.05, 0) is 49.1 Å². The number of halogens is 1. The van der Waals surface area contributed by atoms with E-state index >= 15 is 0 Å². The fourth-order valence-corrected chi connectivity index (χ4v) is 3.17. The van der Waals surface area contributed by atoms with E-state index in [0.29, 0.717) is 16.7 Å². The molecule has 6 heteroatoms. The molecule has 0 bridgehead atoms. The highest BCUT2D eigenvalue weighted by Gasteiger charge is 2.13. The molecular formula is C19H23ClN4S. The Morgan fingerprint density at radius 3 is 2.40 bits per heavy atom. The van der Waals surface area contributed by atoms with Gasteiger partial charge in [-0.1, -0.05) is 35.9 Å². The molecule has 1 aliphatic rings. The summed E-state index contributed by atoms with van der Waals surface area (Å²) in [6.45, 7) is 5.08. The van der Waals surface area contributed by atoms with Crippen LogP contribution >= 0.6 is 23.8 Å². The van der Waals surface area contributed by atoms with E-state index in [4.69, 9.17) is 23.8 Å². The molecule has 1 fully saturated rings. The smallest absolute Gasteiger partial charge is 0.171 e. The molecule has 1 heterocycles. The van der Waals surface area contributed by atoms with Crippen LogP contribution in [0, 0.1) is 0 Å². The number of piperazine rings is 1. The van der Waals surface area contributed by atoms with E-state index in [1.165, 1.54) is 11.3 Å². The van der Waals surface area contributed by atoms with Gasteiger partial charge in [-0.25, -0.2) is 0 Å². The van der Waals surface area contributed by atoms with Crippen molar-refractivity contribution >= 4 is 40.3 Å². The van der Waals surface area contributed by atoms with E-state index < -0.39 is 0 Å². The van der Waals surface area contributed by atoms with E-state index in [0.717, 1.165) is 31.9 Å². The monoisotopic (exact) mass is 374 g/mol. The zero-order valence-corrected chi connectivity index (χ0v) is 15.9. The molecule has 0 spiro atoms. The minimum atomic E-state index is 0.566. The zero-order valence-electron chi connectivity index (χ0n) is 14.3. The molecule has 1 aliphatic heterocycles. The molecule has 3 rings (SSSR count). The maximum atomic E-state index is 6.13. The van der Waals surface area contributed by atoms with Crippen molar-refractivity contribution in [2.45, 2.75) is 6.54 Å². The molecule has 0 amide bonds. The molecule has 25 heavy (non-hydrogen) atoms. The lowest BCUT2D eigenvalue weighted by atomic mass is 10.2. The summed E-state index contributed by atoms with van der Waals surface area (Å²) >= 11 is 11.5. The topological polar surface area (TPSA) is 30.5 Å². The van der Waals surface area contributed by atoms with Gasteiger partial charge in [-0.2, -0.15) is 0 Å². The van der Waals surface area contributed by atoms with Crippen molar-refractivity contribution in [3.05, 3.63) is 59.1 Å². The minimum Gasteiger partial charge on any atom is -0.369 e. The number of likely N-dealkylation sites (N-methyl/N-ethyl adjacent to an activating group) is 1. The Bertz CT molecular complexity index is 712. The molecule has 0 aliphatic carbocycles. The fraction of sp³-hybridized carbons (Fsp3) is 0.316. The van der Waals surface area contributed by atoms with Gasteiger partial charge in [-0.15, -0.1) is 0 Å². The number of nitrogens with zero attached hydrogens (tertiary/aromatic N) is 2. The number of hydrogen-bond acceptors (Lipinski definition) is 3. The second-order valence-electron chi connectivity index (χ2n) is 6.24. The number of thiocarbonyl (C=S) groups is 1. The van der Waals surface area contributed by atoms with Crippen molar-refractivity contribution in [2.75, 3.05) is 43.4 Å². The summed E-state index contributed by atoms with van der Waals surface area (Å²) < 4.78 is 0. The van der Waals surface area contributed by atoms with E-state index in [1.807, 2.05) is 24.3 Å². The third kappa shape index (κ3) is 5.08. The molecule has 1 saturated heterocycles. The standard InChI is InChI=1S/C19H23ClN4S/c1-23-10-12-24(13-11-23)16-8-6-15(7-9-16)14-21-19(25)22-18-5-3-2-4-17(18)20/h2-9H,10-14H2,1H3,(H2,21,22,25). The van der Waals surface area contributed by atoms with Crippen molar-refractivity contribution in [3.8, 4) is 0 Å². The summed E-state index contributed by atoms with van der Waals surface area (Å²) in [6, 6.07) is 16.2. The van der Waals surface area contributed by atoms with Gasteiger partial charge in [0.2, 0.25) is 0 Å². The van der Waals surface area contributed by atoms with Crippen LogP contribution in [0.4, 0.5) is 11.4 Å². The van der Waals surface area contributed by atoms with E-state index in [9.17, 15) is 0 Å². The zero-order chi connectivity index (χ0) is 17.6. The number of hydrogen-bond donors (Lipinski definition) is 2. The predicted molar refractivity (Wildman–Crippen MR) is 111 cm³/mol. The van der Waals surface area contributed by atoms with Gasteiger partial charge < -0.3 is 20.4 Å². The molecule has 0 atom stereocenters. The van der Waals surface area contributed by atoms with Gasteiger partial charge in [-0.3, -0.25) is 0 Å². The summed E-state index contributed by atoms with van der Waals surface area (Å²) in [5.74, 6) is 0. The Kier molecular flexibility index (Phi) is 6.13. The predicted octanol–water partition coefficient (Wildman–Crippen LogP) is 3.58. The Hall–Kier alpha value is -1.82. The maximum absolute atomic E-state index is 6.13. The van der Waals surface area contributed by atoms with Crippen LogP contribution in [0.2, 0.25) is 5.02 Å². The van der Waals surface area contributed by atoms with Gasteiger partial charge >= 0.3 is 0 Å². The molecule has 0 saturated carbocycles. The number of anilines is 2. The van der Waals surface area contributed by atoms with Crippen molar-refractivity contribution in [1.82, 2.24) is 10.2 Å². The summed E-state index contributed by atoms with van der Waals surface area (Å²) in [5, 5.41) is 7.57. The van der Waals surface area contributed by atoms with Gasteiger partial charge in [0.05, 0.1) is 10.7 Å². The molecule has 2 aromatic carbocycles. The number of benzene rings is 2. The molecule has 0 aromatic heterocycles. The summed E-state index contributed by atoms with van der Waals surface area (Å²) in [4.78, 5) is 4.79. The molecular weight excluding hydrogens is 352 g/mol. The molecule has 2 aromatic rings. The lowest BCUT2D eigenvalue weighted by Crippen LogP contribution is -2.44. The lowest BCUT2D eigenvalue weighted by Gasteiger charge is -2.34. The molecule has 4 nitrogen and oxygen atoms in total.